The average molecular weight is 357 g/mol. The zero-order valence-electron chi connectivity index (χ0n) is 15.9. The molecule has 4 heteroatoms. The molecule has 1 saturated heterocycles. The van der Waals surface area contributed by atoms with Crippen LogP contribution in [0, 0.1) is 39.9 Å². The first-order valence-electron chi connectivity index (χ1n) is 10.6. The lowest BCUT2D eigenvalue weighted by Crippen LogP contribution is -2.68. The van der Waals surface area contributed by atoms with E-state index >= 15 is 0 Å². The minimum absolute atomic E-state index is 0.130. The standard InChI is InChI=1S/C22H31NO3/c1-4-23-10-20(3)6-5-17(25)22-15(20)7-13(18(22)23)21-9-12(11(2)19(21)26)14(24)8-16(21)22/h12-13,15-19,25-26H,2,4-10H2,1,3H3/t12-,13?,15?,16?,17-,18?,19+,20-,21-,22-/m0/s1. The van der Waals surface area contributed by atoms with Crippen LogP contribution in [0.2, 0.25) is 0 Å². The van der Waals surface area contributed by atoms with Gasteiger partial charge < -0.3 is 10.2 Å². The number of aliphatic hydroxyl groups excluding tert-OH is 2. The fourth-order valence-electron chi connectivity index (χ4n) is 9.75. The molecule has 0 aromatic heterocycles. The highest BCUT2D eigenvalue weighted by atomic mass is 16.3. The Labute approximate surface area is 155 Å². The van der Waals surface area contributed by atoms with Crippen LogP contribution in [0.4, 0.5) is 0 Å². The van der Waals surface area contributed by atoms with Crippen LogP contribution in [-0.2, 0) is 4.79 Å². The van der Waals surface area contributed by atoms with Crippen molar-refractivity contribution in [3.8, 4) is 0 Å². The van der Waals surface area contributed by atoms with E-state index in [9.17, 15) is 15.0 Å². The van der Waals surface area contributed by atoms with Gasteiger partial charge in [-0.2, -0.15) is 0 Å². The monoisotopic (exact) mass is 357 g/mol. The van der Waals surface area contributed by atoms with Gasteiger partial charge in [0.05, 0.1) is 12.2 Å². The number of likely N-dealkylation sites (tertiary alicyclic amines) is 1. The molecule has 2 N–H and O–H groups in total. The maximum atomic E-state index is 13.0. The van der Waals surface area contributed by atoms with E-state index in [0.717, 1.165) is 44.3 Å². The fraction of sp³-hybridized carbons (Fsp3) is 0.864. The van der Waals surface area contributed by atoms with E-state index in [4.69, 9.17) is 0 Å². The molecule has 5 saturated carbocycles. The summed E-state index contributed by atoms with van der Waals surface area (Å²) in [4.78, 5) is 15.6. The number of carbonyl (C=O) groups is 1. The van der Waals surface area contributed by atoms with Crippen molar-refractivity contribution in [1.82, 2.24) is 4.90 Å². The van der Waals surface area contributed by atoms with Crippen molar-refractivity contribution < 1.29 is 15.0 Å². The maximum Gasteiger partial charge on any atom is 0.140 e. The lowest BCUT2D eigenvalue weighted by Gasteiger charge is -2.65. The van der Waals surface area contributed by atoms with Crippen LogP contribution in [0.5, 0.6) is 0 Å². The Morgan fingerprint density at radius 3 is 2.81 bits per heavy atom. The van der Waals surface area contributed by atoms with E-state index in [1.165, 1.54) is 0 Å². The van der Waals surface area contributed by atoms with Gasteiger partial charge in [-0.3, -0.25) is 9.69 Å². The molecule has 6 rings (SSSR count). The molecule has 2 spiro atoms. The molecule has 26 heavy (non-hydrogen) atoms. The SMILES string of the molecule is C=C1[C@@H]2C[C@@]3(C4CC5[C@@]6(C)CC[C@H](O)[C@@]5(C4N(CC)C6)C3CC2=O)[C@@H]1O. The molecule has 5 aliphatic carbocycles. The largest absolute Gasteiger partial charge is 0.392 e. The first-order valence-corrected chi connectivity index (χ1v) is 10.6. The number of rotatable bonds is 1. The van der Waals surface area contributed by atoms with Crippen LogP contribution in [0.3, 0.4) is 0 Å². The fourth-order valence-corrected chi connectivity index (χ4v) is 9.75. The number of piperidine rings is 1. The summed E-state index contributed by atoms with van der Waals surface area (Å²) in [5.74, 6) is 1.16. The van der Waals surface area contributed by atoms with Gasteiger partial charge in [-0.1, -0.05) is 20.4 Å². The topological polar surface area (TPSA) is 60.8 Å². The lowest BCUT2D eigenvalue weighted by atomic mass is 9.43. The number of hydrogen-bond acceptors (Lipinski definition) is 4. The molecule has 4 unspecified atom stereocenters. The van der Waals surface area contributed by atoms with Crippen molar-refractivity contribution in [3.63, 3.8) is 0 Å². The van der Waals surface area contributed by atoms with Crippen molar-refractivity contribution in [2.24, 2.45) is 39.9 Å². The van der Waals surface area contributed by atoms with Crippen molar-refractivity contribution in [1.29, 1.82) is 0 Å². The number of aliphatic hydroxyl groups is 2. The third kappa shape index (κ3) is 1.33. The molecular weight excluding hydrogens is 326 g/mol. The average Bonchev–Trinajstić information content (AvgIpc) is 3.14. The normalized spacial score (nSPS) is 62.7. The van der Waals surface area contributed by atoms with E-state index < -0.39 is 6.10 Å². The second-order valence-electron chi connectivity index (χ2n) is 10.7. The molecule has 0 aromatic carbocycles. The van der Waals surface area contributed by atoms with Gasteiger partial charge in [0.25, 0.3) is 0 Å². The molecule has 7 bridgehead atoms. The molecule has 0 amide bonds. The smallest absolute Gasteiger partial charge is 0.140 e. The molecule has 6 fully saturated rings. The van der Waals surface area contributed by atoms with Gasteiger partial charge in [0.1, 0.15) is 5.78 Å². The van der Waals surface area contributed by atoms with E-state index in [0.29, 0.717) is 24.3 Å². The third-order valence-corrected chi connectivity index (χ3v) is 10.4. The van der Waals surface area contributed by atoms with Gasteiger partial charge in [0.2, 0.25) is 0 Å². The third-order valence-electron chi connectivity index (χ3n) is 10.4. The molecule has 142 valence electrons. The van der Waals surface area contributed by atoms with Gasteiger partial charge in [0, 0.05) is 35.8 Å². The van der Waals surface area contributed by atoms with Gasteiger partial charge in [-0.25, -0.2) is 0 Å². The van der Waals surface area contributed by atoms with Crippen LogP contribution < -0.4 is 0 Å². The van der Waals surface area contributed by atoms with E-state index in [1.807, 2.05) is 0 Å². The van der Waals surface area contributed by atoms with E-state index in [2.05, 4.69) is 25.3 Å². The van der Waals surface area contributed by atoms with Gasteiger partial charge in [-0.15, -0.1) is 0 Å². The number of hydrogen-bond donors (Lipinski definition) is 2. The zero-order chi connectivity index (χ0) is 18.2. The highest BCUT2D eigenvalue weighted by molar-refractivity contribution is 5.87. The molecule has 10 atom stereocenters. The second-order valence-corrected chi connectivity index (χ2v) is 10.7. The summed E-state index contributed by atoms with van der Waals surface area (Å²) < 4.78 is 0. The van der Waals surface area contributed by atoms with E-state index in [-0.39, 0.29) is 40.0 Å². The Morgan fingerprint density at radius 1 is 1.31 bits per heavy atom. The molecule has 1 heterocycles. The van der Waals surface area contributed by atoms with Crippen molar-refractivity contribution in [3.05, 3.63) is 12.2 Å². The number of ketones is 1. The highest BCUT2D eigenvalue weighted by Gasteiger charge is 2.85. The van der Waals surface area contributed by atoms with Crippen molar-refractivity contribution in [2.45, 2.75) is 64.2 Å². The molecule has 0 aromatic rings. The Balaban J connectivity index is 1.62. The molecule has 6 aliphatic rings. The summed E-state index contributed by atoms with van der Waals surface area (Å²) >= 11 is 0. The minimum atomic E-state index is -0.561. The molecule has 0 radical (unpaired) electrons. The number of carbonyl (C=O) groups excluding carboxylic acids is 1. The number of Topliss-reactive ketones (excluding diaryl/α,β-unsaturated/α-hetero) is 1. The van der Waals surface area contributed by atoms with Gasteiger partial charge in [-0.05, 0) is 61.0 Å². The highest BCUT2D eigenvalue weighted by Crippen LogP contribution is 2.83. The first-order chi connectivity index (χ1) is 12.3. The Kier molecular flexibility index (Phi) is 2.80. The number of fused-ring (bicyclic) bond motifs is 1. The maximum absolute atomic E-state index is 13.0. The Bertz CT molecular complexity index is 735. The minimum Gasteiger partial charge on any atom is -0.392 e. The van der Waals surface area contributed by atoms with Gasteiger partial charge >= 0.3 is 0 Å². The van der Waals surface area contributed by atoms with E-state index in [1.54, 1.807) is 0 Å². The first kappa shape index (κ1) is 16.3. The summed E-state index contributed by atoms with van der Waals surface area (Å²) in [6, 6.07) is 0.331. The quantitative estimate of drug-likeness (QED) is 0.705. The van der Waals surface area contributed by atoms with Crippen LogP contribution in [0.15, 0.2) is 12.2 Å². The molecule has 4 nitrogen and oxygen atoms in total. The summed E-state index contributed by atoms with van der Waals surface area (Å²) in [6.07, 6.45) is 3.50. The zero-order valence-corrected chi connectivity index (χ0v) is 15.9. The molecule has 1 aliphatic heterocycles. The van der Waals surface area contributed by atoms with Gasteiger partial charge in [0.15, 0.2) is 0 Å². The summed E-state index contributed by atoms with van der Waals surface area (Å²) in [7, 11) is 0. The second kappa shape index (κ2) is 4.47. The predicted molar refractivity (Wildman–Crippen MR) is 97.2 cm³/mol. The Morgan fingerprint density at radius 2 is 2.08 bits per heavy atom. The van der Waals surface area contributed by atoms with Crippen LogP contribution in [-0.4, -0.2) is 52.2 Å². The Hall–Kier alpha value is -0.710. The van der Waals surface area contributed by atoms with Crippen molar-refractivity contribution >= 4 is 5.78 Å². The molecular formula is C22H31NO3. The lowest BCUT2D eigenvalue weighted by molar-refractivity contribution is -0.211. The number of nitrogens with zero attached hydrogens (tertiary/aromatic N) is 1. The van der Waals surface area contributed by atoms with Crippen LogP contribution in [0.1, 0.15) is 46.0 Å². The predicted octanol–water partition coefficient (Wildman–Crippen LogP) is 2.00. The summed E-state index contributed by atoms with van der Waals surface area (Å²) in [5, 5.41) is 22.8. The van der Waals surface area contributed by atoms with Crippen LogP contribution in [0.25, 0.3) is 0 Å². The van der Waals surface area contributed by atoms with Crippen LogP contribution >= 0.6 is 0 Å². The summed E-state index contributed by atoms with van der Waals surface area (Å²) in [5.41, 5.74) is 0.598. The van der Waals surface area contributed by atoms with Crippen molar-refractivity contribution in [2.75, 3.05) is 13.1 Å². The summed E-state index contributed by atoms with van der Waals surface area (Å²) in [6.45, 7) is 10.9.